The number of nitrogens with one attached hydrogen (secondary N) is 1. The molecule has 0 aromatic rings. The van der Waals surface area contributed by atoms with E-state index in [4.69, 9.17) is 5.73 Å². The van der Waals surface area contributed by atoms with Crippen molar-refractivity contribution < 1.29 is 14.5 Å². The van der Waals surface area contributed by atoms with E-state index >= 15 is 0 Å². The Morgan fingerprint density at radius 2 is 2.05 bits per heavy atom. The van der Waals surface area contributed by atoms with Gasteiger partial charge in [0.05, 0.1) is 13.1 Å². The molecule has 2 rings (SSSR count). The Labute approximate surface area is 127 Å². The standard InChI is InChI=1S/C16H27N3O2/c1-2-19(14-6-4-3-5-7-14)15(20)12-18-10-8-13(9-11-18)16(17)21/h6,13H,2-5,7-12H2,1H3,(H2,17,21)/p+1. The third-order valence-electron chi connectivity index (χ3n) is 4.73. The quantitative estimate of drug-likeness (QED) is 0.754. The topological polar surface area (TPSA) is 67.8 Å². The lowest BCUT2D eigenvalue weighted by Crippen LogP contribution is -3.14. The van der Waals surface area contributed by atoms with E-state index in [2.05, 4.69) is 6.08 Å². The minimum absolute atomic E-state index is 0.00665. The van der Waals surface area contributed by atoms with Gasteiger partial charge in [0, 0.05) is 31.0 Å². The fraction of sp³-hybridized carbons (Fsp3) is 0.750. The van der Waals surface area contributed by atoms with Crippen LogP contribution >= 0.6 is 0 Å². The minimum Gasteiger partial charge on any atom is -0.369 e. The second-order valence-corrected chi connectivity index (χ2v) is 6.18. The Morgan fingerprint density at radius 3 is 2.57 bits per heavy atom. The summed E-state index contributed by atoms with van der Waals surface area (Å²) in [6.07, 6.45) is 8.39. The summed E-state index contributed by atoms with van der Waals surface area (Å²) in [4.78, 5) is 26.9. The highest BCUT2D eigenvalue weighted by Gasteiger charge is 2.29. The minimum atomic E-state index is -0.192. The number of hydrogen-bond acceptors (Lipinski definition) is 2. The van der Waals surface area contributed by atoms with Crippen LogP contribution in [0, 0.1) is 5.92 Å². The van der Waals surface area contributed by atoms with Crippen molar-refractivity contribution in [2.75, 3.05) is 26.2 Å². The van der Waals surface area contributed by atoms with Gasteiger partial charge in [0.1, 0.15) is 0 Å². The molecule has 3 N–H and O–H groups in total. The van der Waals surface area contributed by atoms with E-state index in [0.717, 1.165) is 45.3 Å². The Kier molecular flexibility index (Phi) is 5.79. The monoisotopic (exact) mass is 294 g/mol. The Balaban J connectivity index is 1.85. The third-order valence-corrected chi connectivity index (χ3v) is 4.73. The molecule has 1 heterocycles. The number of quaternary nitrogens is 1. The zero-order valence-corrected chi connectivity index (χ0v) is 13.1. The highest BCUT2D eigenvalue weighted by atomic mass is 16.2. The van der Waals surface area contributed by atoms with Crippen molar-refractivity contribution in [1.29, 1.82) is 0 Å². The van der Waals surface area contributed by atoms with Crippen LogP contribution in [-0.2, 0) is 9.59 Å². The first-order valence-corrected chi connectivity index (χ1v) is 8.24. The summed E-state index contributed by atoms with van der Waals surface area (Å²) in [6, 6.07) is 0. The van der Waals surface area contributed by atoms with Crippen molar-refractivity contribution in [2.24, 2.45) is 11.7 Å². The van der Waals surface area contributed by atoms with Crippen LogP contribution in [0.25, 0.3) is 0 Å². The Bertz CT molecular complexity index is 412. The fourth-order valence-corrected chi connectivity index (χ4v) is 3.40. The number of hydrogen-bond donors (Lipinski definition) is 2. The number of piperidine rings is 1. The van der Waals surface area contributed by atoms with Gasteiger partial charge < -0.3 is 15.5 Å². The molecule has 0 atom stereocenters. The molecule has 0 bridgehead atoms. The zero-order chi connectivity index (χ0) is 15.2. The molecule has 0 aromatic carbocycles. The fourth-order valence-electron chi connectivity index (χ4n) is 3.40. The number of amides is 2. The normalized spacial score (nSPS) is 26.0. The van der Waals surface area contributed by atoms with Gasteiger partial charge in [0.2, 0.25) is 5.91 Å². The van der Waals surface area contributed by atoms with E-state index < -0.39 is 0 Å². The average molecular weight is 294 g/mol. The van der Waals surface area contributed by atoms with Gasteiger partial charge in [0.15, 0.2) is 6.54 Å². The predicted octanol–water partition coefficient (Wildman–Crippen LogP) is 0.0730. The largest absolute Gasteiger partial charge is 0.369 e. The first-order valence-electron chi connectivity index (χ1n) is 8.24. The van der Waals surface area contributed by atoms with Gasteiger partial charge in [-0.05, 0) is 32.6 Å². The van der Waals surface area contributed by atoms with Crippen molar-refractivity contribution in [3.63, 3.8) is 0 Å². The van der Waals surface area contributed by atoms with Gasteiger partial charge in [-0.1, -0.05) is 6.08 Å². The summed E-state index contributed by atoms with van der Waals surface area (Å²) in [5, 5.41) is 0. The van der Waals surface area contributed by atoms with E-state index in [1.807, 2.05) is 11.8 Å². The molecule has 0 unspecified atom stereocenters. The van der Waals surface area contributed by atoms with E-state index in [9.17, 15) is 9.59 Å². The van der Waals surface area contributed by atoms with Crippen molar-refractivity contribution >= 4 is 11.8 Å². The van der Waals surface area contributed by atoms with Crippen molar-refractivity contribution in [1.82, 2.24) is 4.90 Å². The van der Waals surface area contributed by atoms with Crippen molar-refractivity contribution in [3.05, 3.63) is 11.8 Å². The van der Waals surface area contributed by atoms with Crippen molar-refractivity contribution in [2.45, 2.75) is 45.4 Å². The molecule has 1 fully saturated rings. The summed E-state index contributed by atoms with van der Waals surface area (Å²) >= 11 is 0. The number of likely N-dealkylation sites (N-methyl/N-ethyl adjacent to an activating group) is 1. The summed E-state index contributed by atoms with van der Waals surface area (Å²) in [6.45, 7) is 5.08. The molecule has 1 aliphatic heterocycles. The lowest BCUT2D eigenvalue weighted by Gasteiger charge is -2.31. The highest BCUT2D eigenvalue weighted by Crippen LogP contribution is 2.20. The highest BCUT2D eigenvalue weighted by molar-refractivity contribution is 5.79. The van der Waals surface area contributed by atoms with Gasteiger partial charge in [-0.25, -0.2) is 0 Å². The van der Waals surface area contributed by atoms with Crippen LogP contribution < -0.4 is 10.6 Å². The average Bonchev–Trinajstić information content (AvgIpc) is 2.49. The van der Waals surface area contributed by atoms with Crippen molar-refractivity contribution in [3.8, 4) is 0 Å². The summed E-state index contributed by atoms with van der Waals surface area (Å²) in [5.41, 5.74) is 6.56. The van der Waals surface area contributed by atoms with Crippen LogP contribution in [0.3, 0.4) is 0 Å². The molecule has 0 saturated carbocycles. The Hall–Kier alpha value is -1.36. The van der Waals surface area contributed by atoms with Gasteiger partial charge in [0.25, 0.3) is 5.91 Å². The van der Waals surface area contributed by atoms with Gasteiger partial charge in [-0.2, -0.15) is 0 Å². The van der Waals surface area contributed by atoms with E-state index in [-0.39, 0.29) is 17.7 Å². The smallest absolute Gasteiger partial charge is 0.281 e. The predicted molar refractivity (Wildman–Crippen MR) is 81.4 cm³/mol. The molecule has 21 heavy (non-hydrogen) atoms. The maximum absolute atomic E-state index is 12.5. The molecule has 2 amide bonds. The zero-order valence-electron chi connectivity index (χ0n) is 13.1. The molecular weight excluding hydrogens is 266 g/mol. The second kappa shape index (κ2) is 7.59. The number of nitrogens with zero attached hydrogens (tertiary/aromatic N) is 1. The number of primary amides is 1. The maximum atomic E-state index is 12.5. The lowest BCUT2D eigenvalue weighted by atomic mass is 9.96. The number of carbonyl (C=O) groups is 2. The van der Waals surface area contributed by atoms with Gasteiger partial charge >= 0.3 is 0 Å². The molecule has 5 nitrogen and oxygen atoms in total. The number of likely N-dealkylation sites (tertiary alicyclic amines) is 1. The molecule has 2 aliphatic rings. The van der Waals surface area contributed by atoms with E-state index in [1.54, 1.807) is 0 Å². The van der Waals surface area contributed by atoms with Crippen LogP contribution in [0.2, 0.25) is 0 Å². The molecular formula is C16H28N3O2+. The molecule has 1 saturated heterocycles. The molecule has 0 spiro atoms. The first kappa shape index (κ1) is 16.0. The first-order chi connectivity index (χ1) is 10.1. The SMILES string of the molecule is CCN(C(=O)C[NH+]1CCC(C(N)=O)CC1)C1=CCCCC1. The number of nitrogens with two attached hydrogens (primary N) is 1. The number of carbonyl (C=O) groups excluding carboxylic acids is 2. The maximum Gasteiger partial charge on any atom is 0.281 e. The van der Waals surface area contributed by atoms with Crippen LogP contribution in [0.4, 0.5) is 0 Å². The summed E-state index contributed by atoms with van der Waals surface area (Å²) in [7, 11) is 0. The lowest BCUT2D eigenvalue weighted by molar-refractivity contribution is -0.898. The van der Waals surface area contributed by atoms with E-state index in [1.165, 1.54) is 23.4 Å². The summed E-state index contributed by atoms with van der Waals surface area (Å²) < 4.78 is 0. The number of rotatable bonds is 5. The van der Waals surface area contributed by atoms with Crippen LogP contribution in [0.5, 0.6) is 0 Å². The molecule has 1 aliphatic carbocycles. The van der Waals surface area contributed by atoms with E-state index in [0.29, 0.717) is 6.54 Å². The van der Waals surface area contributed by atoms with Gasteiger partial charge in [-0.15, -0.1) is 0 Å². The summed E-state index contributed by atoms with van der Waals surface area (Å²) in [5.74, 6) is 0.0354. The van der Waals surface area contributed by atoms with Crippen LogP contribution in [-0.4, -0.2) is 42.9 Å². The molecule has 0 aromatic heterocycles. The second-order valence-electron chi connectivity index (χ2n) is 6.18. The third kappa shape index (κ3) is 4.30. The number of allylic oxidation sites excluding steroid dienone is 2. The molecule has 0 radical (unpaired) electrons. The Morgan fingerprint density at radius 1 is 1.33 bits per heavy atom. The van der Waals surface area contributed by atoms with Crippen LogP contribution in [0.15, 0.2) is 11.8 Å². The van der Waals surface area contributed by atoms with Gasteiger partial charge in [-0.3, -0.25) is 9.59 Å². The van der Waals surface area contributed by atoms with Crippen LogP contribution in [0.1, 0.15) is 45.4 Å². The molecule has 118 valence electrons. The molecule has 5 heteroatoms.